The van der Waals surface area contributed by atoms with Gasteiger partial charge < -0.3 is 5.32 Å². The fraction of sp³-hybridized carbons (Fsp3) is 0.538. The number of hydrogen-bond donors (Lipinski definition) is 1. The van der Waals surface area contributed by atoms with Crippen LogP contribution in [0.4, 0.5) is 14.5 Å². The van der Waals surface area contributed by atoms with Gasteiger partial charge in [0, 0.05) is 18.4 Å². The second-order valence-electron chi connectivity index (χ2n) is 5.20. The van der Waals surface area contributed by atoms with Crippen molar-refractivity contribution in [3.8, 4) is 0 Å². The van der Waals surface area contributed by atoms with E-state index in [9.17, 15) is 17.2 Å². The van der Waals surface area contributed by atoms with Crippen LogP contribution in [0, 0.1) is 11.6 Å². The minimum Gasteiger partial charge on any atom is -0.379 e. The highest BCUT2D eigenvalue weighted by atomic mass is 35.5. The van der Waals surface area contributed by atoms with E-state index < -0.39 is 26.7 Å². The van der Waals surface area contributed by atoms with Gasteiger partial charge in [-0.1, -0.05) is 18.0 Å². The largest absolute Gasteiger partial charge is 0.379 e. The molecule has 0 aromatic heterocycles. The van der Waals surface area contributed by atoms with Crippen LogP contribution in [0.2, 0.25) is 5.02 Å². The molecular weight excluding hydrogens is 308 g/mol. The summed E-state index contributed by atoms with van der Waals surface area (Å²) in [5, 5.41) is 2.45. The lowest BCUT2D eigenvalue weighted by Crippen LogP contribution is -2.34. The molecule has 1 aliphatic carbocycles. The van der Waals surface area contributed by atoms with Crippen molar-refractivity contribution in [1.29, 1.82) is 0 Å². The average Bonchev–Trinajstić information content (AvgIpc) is 2.33. The quantitative estimate of drug-likeness (QED) is 0.927. The maximum atomic E-state index is 13.7. The molecular formula is C13H16ClF2NO2S. The van der Waals surface area contributed by atoms with Crippen LogP contribution in [0.1, 0.15) is 25.7 Å². The van der Waals surface area contributed by atoms with Crippen molar-refractivity contribution in [2.24, 2.45) is 0 Å². The number of hydrogen-bond acceptors (Lipinski definition) is 3. The van der Waals surface area contributed by atoms with Crippen molar-refractivity contribution in [1.82, 2.24) is 0 Å². The van der Waals surface area contributed by atoms with Crippen molar-refractivity contribution in [3.05, 3.63) is 28.8 Å². The van der Waals surface area contributed by atoms with Crippen LogP contribution in [-0.2, 0) is 9.84 Å². The molecule has 0 aliphatic heterocycles. The lowest BCUT2D eigenvalue weighted by Gasteiger charge is -2.29. The summed E-state index contributed by atoms with van der Waals surface area (Å²) in [5.74, 6) is -1.51. The van der Waals surface area contributed by atoms with E-state index in [0.29, 0.717) is 12.8 Å². The SMILES string of the molecule is CS(=O)(=O)C1CCCC(Nc2c(F)cc(F)cc2Cl)C1. The third kappa shape index (κ3) is 3.61. The second-order valence-corrected chi connectivity index (χ2v) is 7.94. The van der Waals surface area contributed by atoms with Crippen LogP contribution in [0.5, 0.6) is 0 Å². The second kappa shape index (κ2) is 5.85. The number of rotatable bonds is 3. The lowest BCUT2D eigenvalue weighted by atomic mass is 9.94. The molecule has 112 valence electrons. The number of anilines is 1. The summed E-state index contributed by atoms with van der Waals surface area (Å²) < 4.78 is 49.8. The Morgan fingerprint density at radius 1 is 1.30 bits per heavy atom. The summed E-state index contributed by atoms with van der Waals surface area (Å²) in [4.78, 5) is 0. The van der Waals surface area contributed by atoms with E-state index in [1.807, 2.05) is 0 Å². The standard InChI is InChI=1S/C13H16ClF2NO2S/c1-20(18,19)10-4-2-3-9(7-10)17-13-11(14)5-8(15)6-12(13)16/h5-6,9-10,17H,2-4,7H2,1H3. The van der Waals surface area contributed by atoms with E-state index in [1.165, 1.54) is 6.26 Å². The van der Waals surface area contributed by atoms with Crippen molar-refractivity contribution in [2.75, 3.05) is 11.6 Å². The first-order valence-electron chi connectivity index (χ1n) is 6.37. The molecule has 2 rings (SSSR count). The Kier molecular flexibility index (Phi) is 4.54. The summed E-state index contributed by atoms with van der Waals surface area (Å²) >= 11 is 5.82. The van der Waals surface area contributed by atoms with E-state index in [0.717, 1.165) is 25.0 Å². The molecule has 0 radical (unpaired) electrons. The maximum absolute atomic E-state index is 13.7. The van der Waals surface area contributed by atoms with Crippen LogP contribution in [0.25, 0.3) is 0 Å². The van der Waals surface area contributed by atoms with E-state index in [2.05, 4.69) is 5.32 Å². The Balaban J connectivity index is 2.14. The molecule has 1 aromatic rings. The van der Waals surface area contributed by atoms with Gasteiger partial charge in [0.25, 0.3) is 0 Å². The van der Waals surface area contributed by atoms with Crippen LogP contribution in [0.3, 0.4) is 0 Å². The smallest absolute Gasteiger partial charge is 0.150 e. The zero-order valence-electron chi connectivity index (χ0n) is 11.0. The molecule has 1 aromatic carbocycles. The van der Waals surface area contributed by atoms with Crippen LogP contribution in [0.15, 0.2) is 12.1 Å². The highest BCUT2D eigenvalue weighted by Gasteiger charge is 2.29. The fourth-order valence-corrected chi connectivity index (χ4v) is 3.97. The molecule has 0 saturated heterocycles. The first-order chi connectivity index (χ1) is 9.27. The molecule has 7 heteroatoms. The zero-order chi connectivity index (χ0) is 14.9. The highest BCUT2D eigenvalue weighted by Crippen LogP contribution is 2.31. The van der Waals surface area contributed by atoms with Gasteiger partial charge in [-0.3, -0.25) is 0 Å². The Hall–Kier alpha value is -0.880. The van der Waals surface area contributed by atoms with Crippen molar-refractivity contribution in [2.45, 2.75) is 37.0 Å². The third-order valence-corrected chi connectivity index (χ3v) is 5.52. The van der Waals surface area contributed by atoms with Gasteiger partial charge in [-0.25, -0.2) is 17.2 Å². The van der Waals surface area contributed by atoms with Crippen LogP contribution >= 0.6 is 11.6 Å². The zero-order valence-corrected chi connectivity index (χ0v) is 12.6. The normalized spacial score (nSPS) is 23.6. The maximum Gasteiger partial charge on any atom is 0.150 e. The molecule has 0 heterocycles. The minimum atomic E-state index is -3.10. The molecule has 1 aliphatic rings. The number of benzene rings is 1. The Labute approximate surface area is 122 Å². The van der Waals surface area contributed by atoms with E-state index in [-0.39, 0.29) is 16.8 Å². The molecule has 1 fully saturated rings. The van der Waals surface area contributed by atoms with Gasteiger partial charge in [0.15, 0.2) is 5.82 Å². The van der Waals surface area contributed by atoms with E-state index in [4.69, 9.17) is 11.6 Å². The van der Waals surface area contributed by atoms with Crippen molar-refractivity contribution >= 4 is 27.1 Å². The van der Waals surface area contributed by atoms with Gasteiger partial charge in [-0.15, -0.1) is 0 Å². The monoisotopic (exact) mass is 323 g/mol. The Morgan fingerprint density at radius 3 is 2.60 bits per heavy atom. The van der Waals surface area contributed by atoms with E-state index in [1.54, 1.807) is 0 Å². The molecule has 1 saturated carbocycles. The van der Waals surface area contributed by atoms with Gasteiger partial charge in [-0.2, -0.15) is 0 Å². The van der Waals surface area contributed by atoms with Gasteiger partial charge in [0.05, 0.1) is 16.0 Å². The molecule has 0 bridgehead atoms. The summed E-state index contributed by atoms with van der Waals surface area (Å²) in [7, 11) is -3.10. The minimum absolute atomic E-state index is 0.0345. The summed E-state index contributed by atoms with van der Waals surface area (Å²) in [6.45, 7) is 0. The van der Waals surface area contributed by atoms with Crippen LogP contribution < -0.4 is 5.32 Å². The molecule has 20 heavy (non-hydrogen) atoms. The predicted octanol–water partition coefficient (Wildman–Crippen LogP) is 3.39. The topological polar surface area (TPSA) is 46.2 Å². The summed E-state index contributed by atoms with van der Waals surface area (Å²) in [5.41, 5.74) is 0.0345. The van der Waals surface area contributed by atoms with Gasteiger partial charge in [0.2, 0.25) is 0 Å². The first kappa shape index (κ1) is 15.5. The molecule has 0 spiro atoms. The third-order valence-electron chi connectivity index (χ3n) is 3.59. The van der Waals surface area contributed by atoms with Gasteiger partial charge in [-0.05, 0) is 25.3 Å². The first-order valence-corrected chi connectivity index (χ1v) is 8.70. The fourth-order valence-electron chi connectivity index (χ4n) is 2.55. The number of halogens is 3. The van der Waals surface area contributed by atoms with Crippen molar-refractivity contribution in [3.63, 3.8) is 0 Å². The lowest BCUT2D eigenvalue weighted by molar-refractivity contribution is 0.451. The summed E-state index contributed by atoms with van der Waals surface area (Å²) in [6, 6.07) is 1.61. The predicted molar refractivity (Wildman–Crippen MR) is 75.9 cm³/mol. The average molecular weight is 324 g/mol. The molecule has 3 nitrogen and oxygen atoms in total. The Bertz CT molecular complexity index is 583. The van der Waals surface area contributed by atoms with E-state index >= 15 is 0 Å². The molecule has 1 N–H and O–H groups in total. The van der Waals surface area contributed by atoms with Gasteiger partial charge >= 0.3 is 0 Å². The highest BCUT2D eigenvalue weighted by molar-refractivity contribution is 7.91. The summed E-state index contributed by atoms with van der Waals surface area (Å²) in [6.07, 6.45) is 3.73. The van der Waals surface area contributed by atoms with Crippen molar-refractivity contribution < 1.29 is 17.2 Å². The van der Waals surface area contributed by atoms with Gasteiger partial charge in [0.1, 0.15) is 15.7 Å². The molecule has 2 atom stereocenters. The number of nitrogens with one attached hydrogen (secondary N) is 1. The molecule has 2 unspecified atom stereocenters. The van der Waals surface area contributed by atoms with Crippen LogP contribution in [-0.4, -0.2) is 26.0 Å². The number of sulfone groups is 1. The Morgan fingerprint density at radius 2 is 2.00 bits per heavy atom. The molecule has 0 amide bonds.